The summed E-state index contributed by atoms with van der Waals surface area (Å²) in [5.41, 5.74) is 6.23. The quantitative estimate of drug-likeness (QED) is 0.257. The highest BCUT2D eigenvalue weighted by molar-refractivity contribution is 6.30. The average Bonchev–Trinajstić information content (AvgIpc) is 3.28. The van der Waals surface area contributed by atoms with Gasteiger partial charge in [0, 0.05) is 12.1 Å². The summed E-state index contributed by atoms with van der Waals surface area (Å²) in [5, 5.41) is 5.15. The molecule has 9 heteroatoms. The molecule has 0 amide bonds. The predicted molar refractivity (Wildman–Crippen MR) is 148 cm³/mol. The van der Waals surface area contributed by atoms with Crippen molar-refractivity contribution in [2.75, 3.05) is 5.43 Å². The highest BCUT2D eigenvalue weighted by Crippen LogP contribution is 2.19. The standard InChI is InChI=1S/C28H25ClN6O2/c1-19(22-13-15-23(29)16-14-22)31-32-27-30-25-24(34(27)17-20-9-5-3-6-10-20)26(36)35(28(37)33(25)2)18-21-11-7-4-8-12-21/h3-16H,17-18H2,1-2H3,(H,30,32)/b31-19+. The number of imidazole rings is 1. The minimum Gasteiger partial charge on any atom is -0.298 e. The lowest BCUT2D eigenvalue weighted by atomic mass is 10.1. The molecule has 186 valence electrons. The molecule has 0 saturated heterocycles. The van der Waals surface area contributed by atoms with Gasteiger partial charge in [0.1, 0.15) is 0 Å². The molecule has 5 aromatic rings. The van der Waals surface area contributed by atoms with Crippen LogP contribution in [0.2, 0.25) is 5.02 Å². The zero-order valence-electron chi connectivity index (χ0n) is 20.4. The van der Waals surface area contributed by atoms with Crippen molar-refractivity contribution in [3.05, 3.63) is 127 Å². The molecule has 1 N–H and O–H groups in total. The Morgan fingerprint density at radius 1 is 0.865 bits per heavy atom. The molecular weight excluding hydrogens is 488 g/mol. The first-order chi connectivity index (χ1) is 17.9. The largest absolute Gasteiger partial charge is 0.332 e. The van der Waals surface area contributed by atoms with Gasteiger partial charge in [-0.3, -0.25) is 18.5 Å². The number of benzene rings is 3. The van der Waals surface area contributed by atoms with E-state index < -0.39 is 11.2 Å². The van der Waals surface area contributed by atoms with Crippen molar-refractivity contribution in [2.24, 2.45) is 12.1 Å². The van der Waals surface area contributed by atoms with Crippen LogP contribution in [-0.2, 0) is 20.1 Å². The van der Waals surface area contributed by atoms with Crippen LogP contribution in [0.1, 0.15) is 23.6 Å². The Labute approximate surface area is 218 Å². The van der Waals surface area contributed by atoms with Crippen molar-refractivity contribution in [2.45, 2.75) is 20.0 Å². The number of hydrazone groups is 1. The molecule has 0 spiro atoms. The fourth-order valence-corrected chi connectivity index (χ4v) is 4.30. The molecule has 5 rings (SSSR count). The molecule has 0 aliphatic carbocycles. The van der Waals surface area contributed by atoms with E-state index in [1.165, 1.54) is 9.13 Å². The summed E-state index contributed by atoms with van der Waals surface area (Å²) in [4.78, 5) is 31.5. The average molecular weight is 513 g/mol. The Morgan fingerprint density at radius 2 is 1.43 bits per heavy atom. The van der Waals surface area contributed by atoms with Gasteiger partial charge >= 0.3 is 5.69 Å². The third kappa shape index (κ3) is 4.96. The second kappa shape index (κ2) is 10.3. The molecule has 0 radical (unpaired) electrons. The predicted octanol–water partition coefficient (Wildman–Crippen LogP) is 4.48. The smallest absolute Gasteiger partial charge is 0.298 e. The monoisotopic (exact) mass is 512 g/mol. The highest BCUT2D eigenvalue weighted by atomic mass is 35.5. The van der Waals surface area contributed by atoms with Crippen LogP contribution >= 0.6 is 11.6 Å². The molecule has 0 aliphatic heterocycles. The fourth-order valence-electron chi connectivity index (χ4n) is 4.17. The van der Waals surface area contributed by atoms with Crippen LogP contribution < -0.4 is 16.7 Å². The van der Waals surface area contributed by atoms with E-state index >= 15 is 0 Å². The Bertz CT molecular complexity index is 1700. The number of halogens is 1. The van der Waals surface area contributed by atoms with E-state index in [1.807, 2.05) is 79.7 Å². The maximum Gasteiger partial charge on any atom is 0.332 e. The zero-order chi connectivity index (χ0) is 25.9. The number of nitrogens with zero attached hydrogens (tertiary/aromatic N) is 5. The Kier molecular flexibility index (Phi) is 6.74. The van der Waals surface area contributed by atoms with Gasteiger partial charge in [0.25, 0.3) is 5.56 Å². The fraction of sp³-hybridized carbons (Fsp3) is 0.143. The van der Waals surface area contributed by atoms with E-state index in [0.717, 1.165) is 16.7 Å². The molecule has 0 saturated carbocycles. The van der Waals surface area contributed by atoms with Crippen LogP contribution in [-0.4, -0.2) is 24.4 Å². The maximum atomic E-state index is 13.7. The first kappa shape index (κ1) is 24.3. The molecule has 0 bridgehead atoms. The van der Waals surface area contributed by atoms with Crippen LogP contribution in [0.3, 0.4) is 0 Å². The number of aromatic nitrogens is 4. The summed E-state index contributed by atoms with van der Waals surface area (Å²) in [6.45, 7) is 2.40. The van der Waals surface area contributed by atoms with Gasteiger partial charge in [-0.1, -0.05) is 84.4 Å². The number of aryl methyl sites for hydroxylation is 1. The van der Waals surface area contributed by atoms with Crippen molar-refractivity contribution < 1.29 is 0 Å². The second-order valence-electron chi connectivity index (χ2n) is 8.71. The number of rotatable bonds is 7. The van der Waals surface area contributed by atoms with E-state index in [4.69, 9.17) is 11.6 Å². The minimum absolute atomic E-state index is 0.162. The van der Waals surface area contributed by atoms with Gasteiger partial charge in [0.15, 0.2) is 11.2 Å². The van der Waals surface area contributed by atoms with Crippen molar-refractivity contribution >= 4 is 34.4 Å². The second-order valence-corrected chi connectivity index (χ2v) is 9.15. The zero-order valence-corrected chi connectivity index (χ0v) is 21.2. The molecule has 3 aromatic carbocycles. The van der Waals surface area contributed by atoms with Gasteiger partial charge < -0.3 is 0 Å². The summed E-state index contributed by atoms with van der Waals surface area (Å²) in [6, 6.07) is 26.5. The SMILES string of the molecule is C/C(=N\Nc1nc2c(c(=O)n(Cc3ccccc3)c(=O)n2C)n1Cc1ccccc1)c1ccc(Cl)cc1. The molecule has 37 heavy (non-hydrogen) atoms. The summed E-state index contributed by atoms with van der Waals surface area (Å²) < 4.78 is 4.42. The number of anilines is 1. The van der Waals surface area contributed by atoms with Gasteiger partial charge in [0.05, 0.1) is 18.8 Å². The molecule has 2 aromatic heterocycles. The van der Waals surface area contributed by atoms with Crippen LogP contribution in [0, 0.1) is 0 Å². The maximum absolute atomic E-state index is 13.7. The van der Waals surface area contributed by atoms with E-state index in [-0.39, 0.29) is 12.2 Å². The van der Waals surface area contributed by atoms with Crippen LogP contribution in [0.15, 0.2) is 99.6 Å². The first-order valence-corrected chi connectivity index (χ1v) is 12.1. The molecule has 0 atom stereocenters. The van der Waals surface area contributed by atoms with Crippen molar-refractivity contribution in [3.8, 4) is 0 Å². The summed E-state index contributed by atoms with van der Waals surface area (Å²) in [5.74, 6) is 0.358. The molecule has 8 nitrogen and oxygen atoms in total. The molecular formula is C28H25ClN6O2. The molecule has 0 fully saturated rings. The van der Waals surface area contributed by atoms with Gasteiger partial charge in [0.2, 0.25) is 5.95 Å². The third-order valence-electron chi connectivity index (χ3n) is 6.19. The first-order valence-electron chi connectivity index (χ1n) is 11.8. The van der Waals surface area contributed by atoms with Crippen molar-refractivity contribution in [1.29, 1.82) is 0 Å². The highest BCUT2D eigenvalue weighted by Gasteiger charge is 2.21. The summed E-state index contributed by atoms with van der Waals surface area (Å²) in [6.07, 6.45) is 0. The van der Waals surface area contributed by atoms with Crippen LogP contribution in [0.5, 0.6) is 0 Å². The van der Waals surface area contributed by atoms with Gasteiger partial charge in [-0.25, -0.2) is 10.2 Å². The van der Waals surface area contributed by atoms with Gasteiger partial charge in [-0.2, -0.15) is 10.1 Å². The number of fused-ring (bicyclic) bond motifs is 1. The molecule has 2 heterocycles. The molecule has 0 aliphatic rings. The Morgan fingerprint density at radius 3 is 2.03 bits per heavy atom. The topological polar surface area (TPSA) is 86.2 Å². The lowest BCUT2D eigenvalue weighted by Crippen LogP contribution is -2.40. The van der Waals surface area contributed by atoms with Crippen LogP contribution in [0.25, 0.3) is 11.2 Å². The van der Waals surface area contributed by atoms with Crippen molar-refractivity contribution in [1.82, 2.24) is 18.7 Å². The Balaban J connectivity index is 1.65. The van der Waals surface area contributed by atoms with E-state index in [9.17, 15) is 9.59 Å². The summed E-state index contributed by atoms with van der Waals surface area (Å²) >= 11 is 6.01. The number of hydrogen-bond donors (Lipinski definition) is 1. The van der Waals surface area contributed by atoms with Gasteiger partial charge in [-0.15, -0.1) is 0 Å². The van der Waals surface area contributed by atoms with E-state index in [2.05, 4.69) is 15.5 Å². The molecule has 0 unspecified atom stereocenters. The number of hydrogen-bond acceptors (Lipinski definition) is 5. The summed E-state index contributed by atoms with van der Waals surface area (Å²) in [7, 11) is 1.62. The van der Waals surface area contributed by atoms with E-state index in [1.54, 1.807) is 23.7 Å². The normalized spacial score (nSPS) is 11.7. The van der Waals surface area contributed by atoms with Crippen LogP contribution in [0.4, 0.5) is 5.95 Å². The lowest BCUT2D eigenvalue weighted by Gasteiger charge is -2.11. The Hall–Kier alpha value is -4.43. The lowest BCUT2D eigenvalue weighted by molar-refractivity contribution is 0.653. The van der Waals surface area contributed by atoms with Crippen molar-refractivity contribution in [3.63, 3.8) is 0 Å². The van der Waals surface area contributed by atoms with Gasteiger partial charge in [-0.05, 0) is 35.7 Å². The van der Waals surface area contributed by atoms with E-state index in [0.29, 0.717) is 28.7 Å². The number of nitrogens with one attached hydrogen (secondary N) is 1. The minimum atomic E-state index is -0.432. The third-order valence-corrected chi connectivity index (χ3v) is 6.44.